The van der Waals surface area contributed by atoms with Crippen LogP contribution in [0.15, 0.2) is 158 Å². The van der Waals surface area contributed by atoms with Crippen LogP contribution in [0.3, 0.4) is 0 Å². The van der Waals surface area contributed by atoms with E-state index in [9.17, 15) is 0 Å². The molecule has 0 unspecified atom stereocenters. The number of fused-ring (bicyclic) bond motifs is 3. The summed E-state index contributed by atoms with van der Waals surface area (Å²) in [6.45, 7) is 0. The van der Waals surface area contributed by atoms with Crippen molar-refractivity contribution in [2.75, 3.05) is 0 Å². The normalized spacial score (nSPS) is 11.7. The number of thiophene rings is 1. The van der Waals surface area contributed by atoms with Crippen LogP contribution in [0.1, 0.15) is 0 Å². The molecule has 0 atom stereocenters. The minimum Gasteiger partial charge on any atom is -0.134 e. The predicted octanol–water partition coefficient (Wildman–Crippen LogP) is 12.5. The molecule has 8 aromatic carbocycles. The number of hydrogen-bond donors (Lipinski definition) is 0. The molecule has 0 aliphatic carbocycles. The first kappa shape index (κ1) is 24.4. The Morgan fingerprint density at radius 2 is 0.674 bits per heavy atom. The fraction of sp³-hybridized carbons (Fsp3) is 0. The molecule has 0 amide bonds. The van der Waals surface area contributed by atoms with Crippen LogP contribution in [-0.4, -0.2) is 0 Å². The second kappa shape index (κ2) is 9.66. The number of rotatable bonds is 4. The van der Waals surface area contributed by atoms with E-state index in [1.54, 1.807) is 0 Å². The molecule has 0 bridgehead atoms. The van der Waals surface area contributed by atoms with Crippen molar-refractivity contribution in [3.63, 3.8) is 0 Å². The van der Waals surface area contributed by atoms with Crippen LogP contribution in [-0.2, 0) is 0 Å². The van der Waals surface area contributed by atoms with Crippen molar-refractivity contribution in [1.82, 2.24) is 0 Å². The maximum absolute atomic E-state index is 2.35. The van der Waals surface area contributed by atoms with E-state index in [2.05, 4.69) is 158 Å². The summed E-state index contributed by atoms with van der Waals surface area (Å²) in [5.41, 5.74) is 10.1. The van der Waals surface area contributed by atoms with Crippen molar-refractivity contribution in [2.24, 2.45) is 0 Å². The molecule has 1 heterocycles. The zero-order valence-corrected chi connectivity index (χ0v) is 24.2. The van der Waals surface area contributed by atoms with Crippen LogP contribution in [0.2, 0.25) is 0 Å². The highest BCUT2D eigenvalue weighted by atomic mass is 32.1. The van der Waals surface area contributed by atoms with E-state index in [4.69, 9.17) is 0 Å². The highest BCUT2D eigenvalue weighted by Crippen LogP contribution is 2.51. The first-order chi connectivity index (χ1) is 21.3. The minimum absolute atomic E-state index is 1.24. The lowest BCUT2D eigenvalue weighted by Gasteiger charge is -2.13. The highest BCUT2D eigenvalue weighted by Gasteiger charge is 2.21. The highest BCUT2D eigenvalue weighted by molar-refractivity contribution is 7.27. The van der Waals surface area contributed by atoms with Gasteiger partial charge in [0.25, 0.3) is 0 Å². The van der Waals surface area contributed by atoms with Crippen molar-refractivity contribution in [2.45, 2.75) is 0 Å². The van der Waals surface area contributed by atoms with Crippen LogP contribution >= 0.6 is 11.3 Å². The number of hydrogen-bond acceptors (Lipinski definition) is 1. The summed E-state index contributed by atoms with van der Waals surface area (Å²) in [5, 5.41) is 8.09. The van der Waals surface area contributed by atoms with Gasteiger partial charge in [-0.05, 0) is 78.2 Å². The molecule has 0 nitrogen and oxygen atoms in total. The Kier molecular flexibility index (Phi) is 5.47. The monoisotopic (exact) mass is 562 g/mol. The van der Waals surface area contributed by atoms with Crippen molar-refractivity contribution in [3.05, 3.63) is 158 Å². The van der Waals surface area contributed by atoms with Crippen molar-refractivity contribution >= 4 is 53.1 Å². The summed E-state index contributed by atoms with van der Waals surface area (Å²) in [4.78, 5) is 0. The van der Waals surface area contributed by atoms with Gasteiger partial charge >= 0.3 is 0 Å². The van der Waals surface area contributed by atoms with E-state index in [0.717, 1.165) is 0 Å². The van der Waals surface area contributed by atoms with Gasteiger partial charge in [0, 0.05) is 20.2 Å². The van der Waals surface area contributed by atoms with E-state index in [-0.39, 0.29) is 0 Å². The van der Waals surface area contributed by atoms with Gasteiger partial charge < -0.3 is 0 Å². The van der Waals surface area contributed by atoms with Crippen molar-refractivity contribution in [1.29, 1.82) is 0 Å². The van der Waals surface area contributed by atoms with Crippen molar-refractivity contribution < 1.29 is 0 Å². The van der Waals surface area contributed by atoms with E-state index >= 15 is 0 Å². The topological polar surface area (TPSA) is 0 Å². The molecule has 1 aromatic heterocycles. The largest absolute Gasteiger partial charge is 0.134 e. The predicted molar refractivity (Wildman–Crippen MR) is 187 cm³/mol. The summed E-state index contributed by atoms with van der Waals surface area (Å²) in [6.07, 6.45) is 0. The maximum atomic E-state index is 2.35. The molecule has 0 aliphatic rings. The molecule has 0 fully saturated rings. The Morgan fingerprint density at radius 3 is 1.14 bits per heavy atom. The second-order valence-corrected chi connectivity index (χ2v) is 12.3. The van der Waals surface area contributed by atoms with Gasteiger partial charge in [-0.1, -0.05) is 146 Å². The Hall–Kier alpha value is -5.24. The fourth-order valence-corrected chi connectivity index (χ4v) is 8.25. The van der Waals surface area contributed by atoms with Gasteiger partial charge in [0.1, 0.15) is 0 Å². The molecule has 0 saturated heterocycles. The smallest absolute Gasteiger partial charge is 0.0440 e. The third-order valence-electron chi connectivity index (χ3n) is 8.84. The molecule has 43 heavy (non-hydrogen) atoms. The maximum Gasteiger partial charge on any atom is 0.0440 e. The summed E-state index contributed by atoms with van der Waals surface area (Å²) < 4.78 is 2.72. The molecule has 1 heteroatoms. The quantitative estimate of drug-likeness (QED) is 0.187. The molecule has 200 valence electrons. The van der Waals surface area contributed by atoms with Crippen LogP contribution in [0.4, 0.5) is 0 Å². The summed E-state index contributed by atoms with van der Waals surface area (Å²) in [6, 6.07) is 57.7. The standard InChI is InChI=1S/C42H26S/c1-3-11-27(12-4-1)29-15-9-17-31(25-29)33-21-23-37-35-19-7-8-20-36(35)38-24-22-34(42-40(38)39(37)41(33)43-42)32-18-10-16-30(26-32)28-13-5-2-6-14-28/h1-26H. The van der Waals surface area contributed by atoms with Gasteiger partial charge in [-0.3, -0.25) is 0 Å². The van der Waals surface area contributed by atoms with Gasteiger partial charge in [0.05, 0.1) is 0 Å². The molecule has 0 spiro atoms. The third-order valence-corrected chi connectivity index (χ3v) is 10.1. The Labute approximate surface area is 254 Å². The van der Waals surface area contributed by atoms with Gasteiger partial charge in [-0.2, -0.15) is 0 Å². The lowest BCUT2D eigenvalue weighted by Crippen LogP contribution is -1.86. The SMILES string of the molecule is c1ccc(-c2cccc(-c3ccc4c5ccccc5c5ccc(-c6cccc(-c7ccccc7)c6)c6sc3c4c65)c2)cc1. The molecule has 0 N–H and O–H groups in total. The molecule has 0 radical (unpaired) electrons. The number of benzene rings is 8. The third kappa shape index (κ3) is 3.82. The van der Waals surface area contributed by atoms with E-state index in [1.165, 1.54) is 86.2 Å². The van der Waals surface area contributed by atoms with Crippen LogP contribution in [0.5, 0.6) is 0 Å². The van der Waals surface area contributed by atoms with Gasteiger partial charge in [0.2, 0.25) is 0 Å². The van der Waals surface area contributed by atoms with E-state index in [1.807, 2.05) is 11.3 Å². The second-order valence-electron chi connectivity index (χ2n) is 11.3. The fourth-order valence-electron chi connectivity index (χ4n) is 6.83. The lowest BCUT2D eigenvalue weighted by atomic mass is 9.89. The summed E-state index contributed by atoms with van der Waals surface area (Å²) >= 11 is 1.95. The summed E-state index contributed by atoms with van der Waals surface area (Å²) in [7, 11) is 0. The Morgan fingerprint density at radius 1 is 0.279 bits per heavy atom. The summed E-state index contributed by atoms with van der Waals surface area (Å²) in [5.74, 6) is 0. The van der Waals surface area contributed by atoms with Crippen LogP contribution in [0, 0.1) is 0 Å². The molecule has 9 rings (SSSR count). The first-order valence-corrected chi connectivity index (χ1v) is 15.6. The Balaban J connectivity index is 1.34. The molecule has 9 aromatic rings. The molecule has 0 aliphatic heterocycles. The van der Waals surface area contributed by atoms with E-state index < -0.39 is 0 Å². The molecule has 0 saturated carbocycles. The first-order valence-electron chi connectivity index (χ1n) is 14.8. The van der Waals surface area contributed by atoms with Crippen molar-refractivity contribution in [3.8, 4) is 44.5 Å². The Bertz CT molecular complexity index is 2260. The minimum atomic E-state index is 1.24. The van der Waals surface area contributed by atoms with E-state index in [0.29, 0.717) is 0 Å². The molecular formula is C42H26S. The zero-order valence-electron chi connectivity index (χ0n) is 23.4. The van der Waals surface area contributed by atoms with Crippen LogP contribution in [0.25, 0.3) is 86.2 Å². The zero-order chi connectivity index (χ0) is 28.3. The van der Waals surface area contributed by atoms with Crippen LogP contribution < -0.4 is 0 Å². The van der Waals surface area contributed by atoms with Gasteiger partial charge in [-0.25, -0.2) is 0 Å². The van der Waals surface area contributed by atoms with Gasteiger partial charge in [0.15, 0.2) is 0 Å². The average molecular weight is 563 g/mol. The molecular weight excluding hydrogens is 537 g/mol. The lowest BCUT2D eigenvalue weighted by molar-refractivity contribution is 1.61. The average Bonchev–Trinajstić information content (AvgIpc) is 3.49. The van der Waals surface area contributed by atoms with Gasteiger partial charge in [-0.15, -0.1) is 11.3 Å².